The first-order valence-corrected chi connectivity index (χ1v) is 13.6. The number of fused-ring (bicyclic) bond motifs is 1. The molecule has 2 heterocycles. The highest BCUT2D eigenvalue weighted by Crippen LogP contribution is 2.26. The van der Waals surface area contributed by atoms with E-state index in [1.165, 1.54) is 0 Å². The van der Waals surface area contributed by atoms with Gasteiger partial charge in [0.25, 0.3) is 11.8 Å². The summed E-state index contributed by atoms with van der Waals surface area (Å²) in [6.45, 7) is 6.38. The summed E-state index contributed by atoms with van der Waals surface area (Å²) in [5.41, 5.74) is 0.817. The molecule has 2 aromatic carbocycles. The van der Waals surface area contributed by atoms with Gasteiger partial charge in [0.15, 0.2) is 0 Å². The molecule has 2 aliphatic heterocycles. The van der Waals surface area contributed by atoms with Crippen LogP contribution in [0.1, 0.15) is 66.3 Å². The fourth-order valence-corrected chi connectivity index (χ4v) is 4.94. The van der Waals surface area contributed by atoms with Crippen molar-refractivity contribution >= 4 is 29.7 Å². The highest BCUT2D eigenvalue weighted by atomic mass is 16.6. The lowest BCUT2D eigenvalue weighted by molar-refractivity contribution is -0.132. The van der Waals surface area contributed by atoms with Crippen LogP contribution in [0.25, 0.3) is 0 Å². The van der Waals surface area contributed by atoms with Crippen molar-refractivity contribution < 1.29 is 28.7 Å². The Bertz CT molecular complexity index is 1230. The summed E-state index contributed by atoms with van der Waals surface area (Å²) in [6.07, 6.45) is 0.855. The van der Waals surface area contributed by atoms with Gasteiger partial charge in [-0.2, -0.15) is 0 Å². The predicted molar refractivity (Wildman–Crippen MR) is 147 cm³/mol. The summed E-state index contributed by atoms with van der Waals surface area (Å²) in [5, 5.41) is 5.62. The molecule has 1 atom stereocenters. The topological polar surface area (TPSA) is 125 Å². The van der Waals surface area contributed by atoms with E-state index in [0.29, 0.717) is 37.1 Å². The van der Waals surface area contributed by atoms with Crippen LogP contribution in [-0.2, 0) is 20.7 Å². The van der Waals surface area contributed by atoms with E-state index >= 15 is 0 Å². The van der Waals surface area contributed by atoms with Crippen LogP contribution in [0.5, 0.6) is 0 Å². The number of ether oxygens (including phenoxy) is 1. The molecule has 1 unspecified atom stereocenters. The van der Waals surface area contributed by atoms with Crippen molar-refractivity contribution in [1.82, 2.24) is 20.4 Å². The number of piperidine rings is 1. The number of rotatable bonds is 8. The molecule has 0 radical (unpaired) electrons. The van der Waals surface area contributed by atoms with Crippen LogP contribution in [-0.4, -0.2) is 76.8 Å². The monoisotopic (exact) mass is 548 g/mol. The molecular weight excluding hydrogens is 512 g/mol. The third-order valence-electron chi connectivity index (χ3n) is 6.91. The van der Waals surface area contributed by atoms with Crippen LogP contribution in [0.3, 0.4) is 0 Å². The third kappa shape index (κ3) is 7.05. The number of hydrogen-bond donors (Lipinski definition) is 2. The lowest BCUT2D eigenvalue weighted by Crippen LogP contribution is -2.54. The molecule has 0 spiro atoms. The first kappa shape index (κ1) is 28.8. The number of alkyl carbamates (subject to hydrolysis) is 1. The minimum atomic E-state index is -1.01. The Hall–Kier alpha value is -4.21. The van der Waals surface area contributed by atoms with Crippen molar-refractivity contribution in [3.63, 3.8) is 0 Å². The average molecular weight is 549 g/mol. The van der Waals surface area contributed by atoms with Crippen molar-refractivity contribution in [3.05, 3.63) is 71.3 Å². The Morgan fingerprint density at radius 1 is 0.925 bits per heavy atom. The Morgan fingerprint density at radius 2 is 1.50 bits per heavy atom. The second-order valence-corrected chi connectivity index (χ2v) is 11.1. The molecule has 0 bridgehead atoms. The summed E-state index contributed by atoms with van der Waals surface area (Å²) >= 11 is 0. The quantitative estimate of drug-likeness (QED) is 0.489. The van der Waals surface area contributed by atoms with Crippen molar-refractivity contribution in [3.8, 4) is 0 Å². The number of nitrogens with one attached hydrogen (secondary N) is 2. The number of carbonyl (C=O) groups is 5. The largest absolute Gasteiger partial charge is 0.444 e. The van der Waals surface area contributed by atoms with Crippen LogP contribution in [0, 0.1) is 0 Å². The number of imide groups is 1. The number of benzene rings is 2. The molecule has 2 aromatic rings. The van der Waals surface area contributed by atoms with Gasteiger partial charge in [-0.15, -0.1) is 0 Å². The Balaban J connectivity index is 1.34. The van der Waals surface area contributed by atoms with Gasteiger partial charge in [0.1, 0.15) is 11.6 Å². The van der Waals surface area contributed by atoms with E-state index in [0.717, 1.165) is 10.5 Å². The first-order chi connectivity index (χ1) is 19.0. The van der Waals surface area contributed by atoms with E-state index in [1.807, 2.05) is 30.3 Å². The van der Waals surface area contributed by atoms with E-state index in [1.54, 1.807) is 49.9 Å². The van der Waals surface area contributed by atoms with E-state index in [-0.39, 0.29) is 31.3 Å². The van der Waals surface area contributed by atoms with Gasteiger partial charge in [-0.3, -0.25) is 24.1 Å². The SMILES string of the molecule is CC(C)(C)OC(=O)NCCC(=O)N1CCC(NC(=O)C(Cc2ccccc2)N2C(=O)c3ccccc3C2=O)CC1. The Labute approximate surface area is 234 Å². The molecule has 1 fully saturated rings. The number of hydrogen-bond acceptors (Lipinski definition) is 6. The molecule has 0 aromatic heterocycles. The van der Waals surface area contributed by atoms with Gasteiger partial charge in [-0.25, -0.2) is 4.79 Å². The first-order valence-electron chi connectivity index (χ1n) is 13.6. The van der Waals surface area contributed by atoms with Crippen LogP contribution >= 0.6 is 0 Å². The minimum Gasteiger partial charge on any atom is -0.444 e. The Morgan fingerprint density at radius 3 is 2.08 bits per heavy atom. The van der Waals surface area contributed by atoms with Gasteiger partial charge in [0, 0.05) is 38.5 Å². The molecule has 0 aliphatic carbocycles. The molecule has 5 amide bonds. The van der Waals surface area contributed by atoms with Gasteiger partial charge in [0.05, 0.1) is 11.1 Å². The van der Waals surface area contributed by atoms with Gasteiger partial charge in [-0.05, 0) is 51.3 Å². The highest BCUT2D eigenvalue weighted by molar-refractivity contribution is 6.22. The normalized spacial score (nSPS) is 16.4. The molecule has 1 saturated heterocycles. The molecule has 10 heteroatoms. The number of nitrogens with zero attached hydrogens (tertiary/aromatic N) is 2. The molecule has 0 saturated carbocycles. The van der Waals surface area contributed by atoms with Crippen molar-refractivity contribution in [2.75, 3.05) is 19.6 Å². The zero-order valence-electron chi connectivity index (χ0n) is 23.1. The summed E-state index contributed by atoms with van der Waals surface area (Å²) < 4.78 is 5.18. The maximum absolute atomic E-state index is 13.6. The van der Waals surface area contributed by atoms with Crippen molar-refractivity contribution in [2.24, 2.45) is 0 Å². The van der Waals surface area contributed by atoms with Crippen molar-refractivity contribution in [2.45, 2.75) is 64.1 Å². The average Bonchev–Trinajstić information content (AvgIpc) is 3.16. The van der Waals surface area contributed by atoms with E-state index < -0.39 is 35.5 Å². The highest BCUT2D eigenvalue weighted by Gasteiger charge is 2.43. The fourth-order valence-electron chi connectivity index (χ4n) is 4.94. The summed E-state index contributed by atoms with van der Waals surface area (Å²) in [5.74, 6) is -1.44. The summed E-state index contributed by atoms with van der Waals surface area (Å²) in [6, 6.07) is 14.7. The van der Waals surface area contributed by atoms with Crippen molar-refractivity contribution in [1.29, 1.82) is 0 Å². The molecule has 10 nitrogen and oxygen atoms in total. The maximum Gasteiger partial charge on any atom is 0.407 e. The summed E-state index contributed by atoms with van der Waals surface area (Å²) in [4.78, 5) is 67.2. The third-order valence-corrected chi connectivity index (χ3v) is 6.91. The number of amides is 5. The smallest absolute Gasteiger partial charge is 0.407 e. The van der Waals surface area contributed by atoms with Crippen LogP contribution < -0.4 is 10.6 Å². The molecule has 4 rings (SSSR count). The van der Waals surface area contributed by atoms with Gasteiger partial charge in [0.2, 0.25) is 11.8 Å². The van der Waals surface area contributed by atoms with Gasteiger partial charge in [-0.1, -0.05) is 42.5 Å². The van der Waals surface area contributed by atoms with Gasteiger partial charge < -0.3 is 20.3 Å². The van der Waals surface area contributed by atoms with Crippen LogP contribution in [0.2, 0.25) is 0 Å². The standard InChI is InChI=1S/C30H36N4O6/c1-30(2,3)40-29(39)31-16-13-25(35)33-17-14-21(15-18-33)32-26(36)24(19-20-9-5-4-6-10-20)34-27(37)22-11-7-8-12-23(22)28(34)38/h4-12,21,24H,13-19H2,1-3H3,(H,31,39)(H,32,36). The lowest BCUT2D eigenvalue weighted by atomic mass is 10.0. The zero-order valence-corrected chi connectivity index (χ0v) is 23.1. The molecular formula is C30H36N4O6. The molecule has 212 valence electrons. The number of likely N-dealkylation sites (tertiary alicyclic amines) is 1. The Kier molecular flexibility index (Phi) is 8.86. The second kappa shape index (κ2) is 12.3. The van der Waals surface area contributed by atoms with E-state index in [2.05, 4.69) is 10.6 Å². The van der Waals surface area contributed by atoms with E-state index in [4.69, 9.17) is 4.74 Å². The van der Waals surface area contributed by atoms with Gasteiger partial charge >= 0.3 is 6.09 Å². The molecule has 2 aliphatic rings. The minimum absolute atomic E-state index is 0.0891. The maximum atomic E-state index is 13.6. The lowest BCUT2D eigenvalue weighted by Gasteiger charge is -2.34. The zero-order chi connectivity index (χ0) is 28.9. The van der Waals surface area contributed by atoms with Crippen LogP contribution in [0.15, 0.2) is 54.6 Å². The second-order valence-electron chi connectivity index (χ2n) is 11.1. The van der Waals surface area contributed by atoms with E-state index in [9.17, 15) is 24.0 Å². The number of carbonyl (C=O) groups excluding carboxylic acids is 5. The predicted octanol–water partition coefficient (Wildman–Crippen LogP) is 2.92. The molecule has 40 heavy (non-hydrogen) atoms. The fraction of sp³-hybridized carbons (Fsp3) is 0.433. The molecule has 2 N–H and O–H groups in total. The van der Waals surface area contributed by atoms with Crippen LogP contribution in [0.4, 0.5) is 4.79 Å². The summed E-state index contributed by atoms with van der Waals surface area (Å²) in [7, 11) is 0.